The van der Waals surface area contributed by atoms with E-state index >= 15 is 0 Å². The van der Waals surface area contributed by atoms with Crippen LogP contribution in [0.3, 0.4) is 0 Å². The third kappa shape index (κ3) is 3.02. The van der Waals surface area contributed by atoms with Gasteiger partial charge in [-0.25, -0.2) is 4.98 Å². The van der Waals surface area contributed by atoms with Gasteiger partial charge in [-0.3, -0.25) is 4.79 Å². The number of carbonyl (C=O) groups excluding carboxylic acids is 1. The normalized spacial score (nSPS) is 20.4. The molecule has 1 fully saturated rings. The average Bonchev–Trinajstić information content (AvgIpc) is 2.33. The molecule has 0 radical (unpaired) electrons. The first-order chi connectivity index (χ1) is 7.75. The highest BCUT2D eigenvalue weighted by molar-refractivity contribution is 9.10. The molecule has 1 unspecified atom stereocenters. The molecule has 5 heteroatoms. The molecule has 1 atom stereocenters. The van der Waals surface area contributed by atoms with E-state index in [0.29, 0.717) is 0 Å². The Balaban J connectivity index is 1.93. The second-order valence-electron chi connectivity index (χ2n) is 3.90. The number of nitrogens with zero attached hydrogens (tertiary/aromatic N) is 1. The molecule has 0 aromatic carbocycles. The standard InChI is InChI=1S/C11H14BrN3O/c12-10-4-3-9(7-14-10)15-11(16)8-2-1-5-13-6-8/h3-4,7-8,13H,1-2,5-6H2,(H,15,16). The minimum absolute atomic E-state index is 0.0799. The summed E-state index contributed by atoms with van der Waals surface area (Å²) in [7, 11) is 0. The Labute approximate surface area is 103 Å². The summed E-state index contributed by atoms with van der Waals surface area (Å²) in [5, 5.41) is 6.10. The number of aromatic nitrogens is 1. The van der Waals surface area contributed by atoms with Crippen molar-refractivity contribution < 1.29 is 4.79 Å². The zero-order valence-electron chi connectivity index (χ0n) is 8.87. The van der Waals surface area contributed by atoms with Crippen molar-refractivity contribution in [3.63, 3.8) is 0 Å². The lowest BCUT2D eigenvalue weighted by Crippen LogP contribution is -2.37. The summed E-state index contributed by atoms with van der Waals surface area (Å²) in [6.07, 6.45) is 3.68. The Morgan fingerprint density at radius 2 is 2.44 bits per heavy atom. The van der Waals surface area contributed by atoms with Crippen LogP contribution in [0.15, 0.2) is 22.9 Å². The van der Waals surface area contributed by atoms with Crippen LogP contribution in [0.4, 0.5) is 5.69 Å². The van der Waals surface area contributed by atoms with Crippen LogP contribution < -0.4 is 10.6 Å². The van der Waals surface area contributed by atoms with Crippen molar-refractivity contribution in [3.8, 4) is 0 Å². The van der Waals surface area contributed by atoms with Crippen LogP contribution in [0, 0.1) is 5.92 Å². The Morgan fingerprint density at radius 1 is 1.56 bits per heavy atom. The smallest absolute Gasteiger partial charge is 0.228 e. The number of pyridine rings is 1. The molecule has 0 spiro atoms. The van der Waals surface area contributed by atoms with Gasteiger partial charge in [-0.1, -0.05) is 0 Å². The lowest BCUT2D eigenvalue weighted by Gasteiger charge is -2.21. The third-order valence-electron chi connectivity index (χ3n) is 2.66. The summed E-state index contributed by atoms with van der Waals surface area (Å²) in [6.45, 7) is 1.79. The van der Waals surface area contributed by atoms with Gasteiger partial charge in [0, 0.05) is 6.54 Å². The molecule has 1 aromatic heterocycles. The molecule has 0 aliphatic carbocycles. The van der Waals surface area contributed by atoms with E-state index in [1.165, 1.54) is 0 Å². The van der Waals surface area contributed by atoms with E-state index in [1.807, 2.05) is 12.1 Å². The van der Waals surface area contributed by atoms with Gasteiger partial charge in [0.2, 0.25) is 5.91 Å². The number of rotatable bonds is 2. The lowest BCUT2D eigenvalue weighted by atomic mass is 9.99. The molecular formula is C11H14BrN3O. The molecule has 2 N–H and O–H groups in total. The van der Waals surface area contributed by atoms with Gasteiger partial charge >= 0.3 is 0 Å². The van der Waals surface area contributed by atoms with Crippen LogP contribution >= 0.6 is 15.9 Å². The first-order valence-corrected chi connectivity index (χ1v) is 6.18. The van der Waals surface area contributed by atoms with Crippen LogP contribution in [0.2, 0.25) is 0 Å². The van der Waals surface area contributed by atoms with Gasteiger partial charge in [0.1, 0.15) is 4.60 Å². The van der Waals surface area contributed by atoms with Crippen molar-refractivity contribution in [1.82, 2.24) is 10.3 Å². The first kappa shape index (κ1) is 11.5. The van der Waals surface area contributed by atoms with Crippen LogP contribution in [0.25, 0.3) is 0 Å². The van der Waals surface area contributed by atoms with Gasteiger partial charge in [0.05, 0.1) is 17.8 Å². The van der Waals surface area contributed by atoms with Crippen LogP contribution in [-0.4, -0.2) is 24.0 Å². The van der Waals surface area contributed by atoms with E-state index in [4.69, 9.17) is 0 Å². The maximum Gasteiger partial charge on any atom is 0.228 e. The van der Waals surface area contributed by atoms with Crippen LogP contribution in [0.5, 0.6) is 0 Å². The quantitative estimate of drug-likeness (QED) is 0.814. The van der Waals surface area contributed by atoms with E-state index in [0.717, 1.165) is 36.2 Å². The third-order valence-corrected chi connectivity index (χ3v) is 3.13. The Morgan fingerprint density at radius 3 is 3.06 bits per heavy atom. The van der Waals surface area contributed by atoms with Crippen LogP contribution in [0.1, 0.15) is 12.8 Å². The molecule has 16 heavy (non-hydrogen) atoms. The first-order valence-electron chi connectivity index (χ1n) is 5.39. The number of halogens is 1. The number of nitrogens with one attached hydrogen (secondary N) is 2. The highest BCUT2D eigenvalue weighted by atomic mass is 79.9. The number of hydrogen-bond acceptors (Lipinski definition) is 3. The summed E-state index contributed by atoms with van der Waals surface area (Å²) in [5.74, 6) is 0.161. The summed E-state index contributed by atoms with van der Waals surface area (Å²) in [4.78, 5) is 15.9. The van der Waals surface area contributed by atoms with Gasteiger partial charge in [-0.05, 0) is 47.4 Å². The molecule has 86 valence electrons. The fourth-order valence-electron chi connectivity index (χ4n) is 1.77. The van der Waals surface area contributed by atoms with Crippen molar-refractivity contribution in [2.24, 2.45) is 5.92 Å². The van der Waals surface area contributed by atoms with Crippen molar-refractivity contribution in [3.05, 3.63) is 22.9 Å². The van der Waals surface area contributed by atoms with Gasteiger partial charge in [-0.15, -0.1) is 0 Å². The summed E-state index contributed by atoms with van der Waals surface area (Å²) < 4.78 is 0.768. The fourth-order valence-corrected chi connectivity index (χ4v) is 2.00. The fraction of sp³-hybridized carbons (Fsp3) is 0.455. The van der Waals surface area contributed by atoms with Crippen molar-refractivity contribution >= 4 is 27.5 Å². The van der Waals surface area contributed by atoms with E-state index < -0.39 is 0 Å². The number of anilines is 1. The zero-order valence-corrected chi connectivity index (χ0v) is 10.5. The van der Waals surface area contributed by atoms with Gasteiger partial charge < -0.3 is 10.6 Å². The molecule has 1 saturated heterocycles. The number of hydrogen-bond donors (Lipinski definition) is 2. The minimum Gasteiger partial charge on any atom is -0.324 e. The number of amides is 1. The largest absolute Gasteiger partial charge is 0.324 e. The van der Waals surface area contributed by atoms with E-state index in [2.05, 4.69) is 31.5 Å². The number of carbonyl (C=O) groups is 1. The zero-order chi connectivity index (χ0) is 11.4. The summed E-state index contributed by atoms with van der Waals surface area (Å²) >= 11 is 3.25. The molecule has 0 saturated carbocycles. The monoisotopic (exact) mass is 283 g/mol. The molecule has 4 nitrogen and oxygen atoms in total. The van der Waals surface area contributed by atoms with E-state index in [-0.39, 0.29) is 11.8 Å². The predicted octanol–water partition coefficient (Wildman–Crippen LogP) is 1.78. The summed E-state index contributed by atoms with van der Waals surface area (Å²) in [6, 6.07) is 3.65. The van der Waals surface area contributed by atoms with Gasteiger partial charge in [0.15, 0.2) is 0 Å². The molecule has 1 aliphatic heterocycles. The van der Waals surface area contributed by atoms with E-state index in [9.17, 15) is 4.79 Å². The minimum atomic E-state index is 0.0799. The highest BCUT2D eigenvalue weighted by Gasteiger charge is 2.20. The second-order valence-corrected chi connectivity index (χ2v) is 4.71. The molecule has 1 aromatic rings. The van der Waals surface area contributed by atoms with Crippen molar-refractivity contribution in [1.29, 1.82) is 0 Å². The molecule has 2 heterocycles. The highest BCUT2D eigenvalue weighted by Crippen LogP contribution is 2.15. The maximum atomic E-state index is 11.9. The predicted molar refractivity (Wildman–Crippen MR) is 66.2 cm³/mol. The van der Waals surface area contributed by atoms with Gasteiger partial charge in [0.25, 0.3) is 0 Å². The Hall–Kier alpha value is -0.940. The average molecular weight is 284 g/mol. The SMILES string of the molecule is O=C(Nc1ccc(Br)nc1)C1CCCNC1. The molecular weight excluding hydrogens is 270 g/mol. The van der Waals surface area contributed by atoms with Crippen molar-refractivity contribution in [2.45, 2.75) is 12.8 Å². The molecule has 1 amide bonds. The second kappa shape index (κ2) is 5.41. The lowest BCUT2D eigenvalue weighted by molar-refractivity contribution is -0.120. The molecule has 1 aliphatic rings. The van der Waals surface area contributed by atoms with Crippen molar-refractivity contribution in [2.75, 3.05) is 18.4 Å². The van der Waals surface area contributed by atoms with Gasteiger partial charge in [-0.2, -0.15) is 0 Å². The maximum absolute atomic E-state index is 11.9. The summed E-state index contributed by atoms with van der Waals surface area (Å²) in [5.41, 5.74) is 0.749. The number of piperidine rings is 1. The topological polar surface area (TPSA) is 54.0 Å². The van der Waals surface area contributed by atoms with Crippen LogP contribution in [-0.2, 0) is 4.79 Å². The molecule has 0 bridgehead atoms. The van der Waals surface area contributed by atoms with E-state index in [1.54, 1.807) is 6.20 Å². The Kier molecular flexibility index (Phi) is 3.90. The Bertz CT molecular complexity index is 360. The molecule has 2 rings (SSSR count).